The zero-order valence-electron chi connectivity index (χ0n) is 22.7. The van der Waals surface area contributed by atoms with Gasteiger partial charge in [0, 0.05) is 36.9 Å². The number of thioether (sulfide) groups is 1. The molecule has 3 aliphatic carbocycles. The van der Waals surface area contributed by atoms with Crippen molar-refractivity contribution in [2.45, 2.75) is 95.3 Å². The number of pyridine rings is 1. The number of halogens is 3. The number of hydrogen-bond acceptors (Lipinski definition) is 5. The van der Waals surface area contributed by atoms with Crippen LogP contribution < -0.4 is 16.5 Å². The number of piperidine rings is 1. The molecule has 0 bridgehead atoms. The lowest BCUT2D eigenvalue weighted by Crippen LogP contribution is -2.56. The van der Waals surface area contributed by atoms with Crippen LogP contribution in [0.15, 0.2) is 23.3 Å². The van der Waals surface area contributed by atoms with E-state index in [1.54, 1.807) is 10.8 Å². The number of nitrogens with one attached hydrogen (secondary N) is 2. The van der Waals surface area contributed by atoms with Crippen molar-refractivity contribution in [1.82, 2.24) is 24.7 Å². The van der Waals surface area contributed by atoms with Crippen molar-refractivity contribution >= 4 is 17.3 Å². The van der Waals surface area contributed by atoms with Gasteiger partial charge in [-0.15, -0.1) is 11.8 Å². The second-order valence-electron chi connectivity index (χ2n) is 13.4. The van der Waals surface area contributed by atoms with Crippen LogP contribution in [-0.2, 0) is 12.7 Å². The van der Waals surface area contributed by atoms with E-state index in [2.05, 4.69) is 22.7 Å². The van der Waals surface area contributed by atoms with Crippen molar-refractivity contribution in [3.05, 3.63) is 40.1 Å². The summed E-state index contributed by atoms with van der Waals surface area (Å²) in [6.07, 6.45) is 9.88. The van der Waals surface area contributed by atoms with Crippen molar-refractivity contribution in [1.29, 1.82) is 0 Å². The summed E-state index contributed by atoms with van der Waals surface area (Å²) < 4.78 is 45.8. The Hall–Kier alpha value is -1.49. The van der Waals surface area contributed by atoms with Gasteiger partial charge in [-0.3, -0.25) is 13.9 Å². The first kappa shape index (κ1) is 26.4. The first-order valence-corrected chi connectivity index (χ1v) is 15.9. The second-order valence-corrected chi connectivity index (χ2v) is 14.5. The lowest BCUT2D eigenvalue weighted by atomic mass is 9.51. The number of nitrogens with zero attached hydrogens (tertiary/aromatic N) is 3. The van der Waals surface area contributed by atoms with E-state index in [9.17, 15) is 18.0 Å². The van der Waals surface area contributed by atoms with Crippen LogP contribution >= 0.6 is 11.8 Å². The molecule has 214 valence electrons. The molecular weight excluding hydrogens is 523 g/mol. The standard InChI is InChI=1S/C29H40F3N5OS/c1-19-4-3-9-35(12-19)13-20-10-23(29(30,31)32)24-15-36(26(38)37(24)14-20)22-6-2-5-21(11-22)28(25-34-33-18-39-25)16-27(17-28)7-8-27/h10,14-15,19,21-22,25,33-34H,2-9,11-13,16-18H2,1H3/t19-,21?,22?,25?/m0/s1. The molecule has 10 heteroatoms. The van der Waals surface area contributed by atoms with Gasteiger partial charge in [-0.2, -0.15) is 13.2 Å². The molecule has 1 spiro atoms. The molecule has 2 aliphatic heterocycles. The first-order valence-electron chi connectivity index (χ1n) is 14.8. The molecule has 6 nitrogen and oxygen atoms in total. The van der Waals surface area contributed by atoms with Crippen LogP contribution in [-0.4, -0.2) is 38.2 Å². The first-order chi connectivity index (χ1) is 18.7. The number of likely N-dealkylation sites (tertiary alicyclic amines) is 1. The SMILES string of the molecule is C[C@H]1CCCN(Cc2cc(C(F)(F)F)c3cn(C4CCCC(C5(C6NNCS6)CC6(CC6)C5)C4)c(=O)n3c2)C1. The average molecular weight is 564 g/mol. The third-order valence-electron chi connectivity index (χ3n) is 10.6. The van der Waals surface area contributed by atoms with Gasteiger partial charge in [0.15, 0.2) is 0 Å². The predicted octanol–water partition coefficient (Wildman–Crippen LogP) is 5.77. The Kier molecular flexibility index (Phi) is 6.45. The largest absolute Gasteiger partial charge is 0.418 e. The smallest absolute Gasteiger partial charge is 0.299 e. The fourth-order valence-electron chi connectivity index (χ4n) is 8.64. The fraction of sp³-hybridized carbons (Fsp3) is 0.759. The molecule has 2 aromatic rings. The minimum absolute atomic E-state index is 0.0158. The van der Waals surface area contributed by atoms with Gasteiger partial charge in [0.05, 0.1) is 22.3 Å². The number of aromatic nitrogens is 2. The summed E-state index contributed by atoms with van der Waals surface area (Å²) >= 11 is 1.95. The molecule has 5 fully saturated rings. The normalized spacial score (nSPS) is 32.5. The maximum atomic E-state index is 14.3. The molecule has 2 aromatic heterocycles. The molecule has 5 aliphatic rings. The minimum Gasteiger partial charge on any atom is -0.299 e. The lowest BCUT2D eigenvalue weighted by Gasteiger charge is -2.58. The van der Waals surface area contributed by atoms with E-state index >= 15 is 0 Å². The Morgan fingerprint density at radius 1 is 1.13 bits per heavy atom. The maximum Gasteiger partial charge on any atom is 0.418 e. The molecule has 2 N–H and O–H groups in total. The molecular formula is C29H40F3N5OS. The van der Waals surface area contributed by atoms with E-state index in [1.807, 2.05) is 11.8 Å². The van der Waals surface area contributed by atoms with Gasteiger partial charge in [-0.1, -0.05) is 13.3 Å². The van der Waals surface area contributed by atoms with Crippen LogP contribution in [0.5, 0.6) is 0 Å². The van der Waals surface area contributed by atoms with Crippen molar-refractivity contribution in [3.63, 3.8) is 0 Å². The highest BCUT2D eigenvalue weighted by molar-refractivity contribution is 8.00. The Balaban J connectivity index is 1.20. The number of hydrazine groups is 1. The number of rotatable bonds is 5. The molecule has 7 rings (SSSR count). The van der Waals surface area contributed by atoms with Crippen LogP contribution in [0.2, 0.25) is 0 Å². The van der Waals surface area contributed by atoms with E-state index in [1.165, 1.54) is 42.3 Å². The molecule has 4 heterocycles. The molecule has 3 saturated carbocycles. The second kappa shape index (κ2) is 9.53. The van der Waals surface area contributed by atoms with Crippen molar-refractivity contribution in [2.75, 3.05) is 19.0 Å². The van der Waals surface area contributed by atoms with E-state index < -0.39 is 11.7 Å². The van der Waals surface area contributed by atoms with E-state index in [-0.39, 0.29) is 22.7 Å². The van der Waals surface area contributed by atoms with Crippen molar-refractivity contribution < 1.29 is 13.2 Å². The number of fused-ring (bicyclic) bond motifs is 1. The molecule has 0 radical (unpaired) electrons. The molecule has 4 atom stereocenters. The van der Waals surface area contributed by atoms with Crippen LogP contribution in [0.3, 0.4) is 0 Å². The molecule has 3 unspecified atom stereocenters. The van der Waals surface area contributed by atoms with Crippen LogP contribution in [0.1, 0.15) is 88.3 Å². The summed E-state index contributed by atoms with van der Waals surface area (Å²) in [5, 5.41) is 0.370. The molecule has 0 amide bonds. The Morgan fingerprint density at radius 3 is 2.64 bits per heavy atom. The van der Waals surface area contributed by atoms with Gasteiger partial charge < -0.3 is 0 Å². The zero-order chi connectivity index (χ0) is 27.0. The topological polar surface area (TPSA) is 53.7 Å². The summed E-state index contributed by atoms with van der Waals surface area (Å²) in [5.74, 6) is 1.91. The van der Waals surface area contributed by atoms with Gasteiger partial charge in [0.2, 0.25) is 0 Å². The minimum atomic E-state index is -4.52. The van der Waals surface area contributed by atoms with Crippen LogP contribution in [0.4, 0.5) is 13.2 Å². The van der Waals surface area contributed by atoms with Gasteiger partial charge in [0.25, 0.3) is 0 Å². The van der Waals surface area contributed by atoms with Crippen molar-refractivity contribution in [2.24, 2.45) is 22.7 Å². The number of hydrogen-bond donors (Lipinski definition) is 2. The summed E-state index contributed by atoms with van der Waals surface area (Å²) in [4.78, 5) is 16.0. The van der Waals surface area contributed by atoms with E-state index in [0.717, 1.165) is 57.5 Å². The fourth-order valence-corrected chi connectivity index (χ4v) is 9.83. The predicted molar refractivity (Wildman–Crippen MR) is 147 cm³/mol. The van der Waals surface area contributed by atoms with Crippen LogP contribution in [0, 0.1) is 22.7 Å². The Morgan fingerprint density at radius 2 is 1.95 bits per heavy atom. The Labute approximate surface area is 232 Å². The number of imidazole rings is 1. The number of alkyl halides is 3. The zero-order valence-corrected chi connectivity index (χ0v) is 23.5. The summed E-state index contributed by atoms with van der Waals surface area (Å²) in [6.45, 7) is 4.40. The van der Waals surface area contributed by atoms with Gasteiger partial charge in [-0.05, 0) is 93.2 Å². The van der Waals surface area contributed by atoms with E-state index in [0.29, 0.717) is 34.7 Å². The Bertz CT molecular complexity index is 1290. The highest BCUT2D eigenvalue weighted by Gasteiger charge is 2.66. The van der Waals surface area contributed by atoms with Gasteiger partial charge in [-0.25, -0.2) is 15.6 Å². The third-order valence-corrected chi connectivity index (χ3v) is 11.8. The van der Waals surface area contributed by atoms with Crippen molar-refractivity contribution in [3.8, 4) is 0 Å². The van der Waals surface area contributed by atoms with E-state index in [4.69, 9.17) is 0 Å². The summed E-state index contributed by atoms with van der Waals surface area (Å²) in [7, 11) is 0. The molecule has 0 aromatic carbocycles. The maximum absolute atomic E-state index is 14.3. The summed E-state index contributed by atoms with van der Waals surface area (Å²) in [5.41, 5.74) is 7.11. The third kappa shape index (κ3) is 4.67. The summed E-state index contributed by atoms with van der Waals surface area (Å²) in [6, 6.07) is 1.21. The van der Waals surface area contributed by atoms with Gasteiger partial charge >= 0.3 is 11.9 Å². The highest BCUT2D eigenvalue weighted by atomic mass is 32.2. The molecule has 2 saturated heterocycles. The van der Waals surface area contributed by atoms with Gasteiger partial charge in [0.1, 0.15) is 0 Å². The average Bonchev–Trinajstić information content (AvgIpc) is 3.32. The van der Waals surface area contributed by atoms with Crippen LogP contribution in [0.25, 0.3) is 5.52 Å². The quantitative estimate of drug-likeness (QED) is 0.484. The lowest BCUT2D eigenvalue weighted by molar-refractivity contribution is -0.136. The molecule has 39 heavy (non-hydrogen) atoms. The monoisotopic (exact) mass is 563 g/mol. The highest BCUT2D eigenvalue weighted by Crippen LogP contribution is 2.74.